The van der Waals surface area contributed by atoms with Crippen LogP contribution in [-0.4, -0.2) is 19.6 Å². The van der Waals surface area contributed by atoms with Gasteiger partial charge in [0.25, 0.3) is 0 Å². The molecule has 0 saturated heterocycles. The van der Waals surface area contributed by atoms with Crippen molar-refractivity contribution in [3.63, 3.8) is 0 Å². The summed E-state index contributed by atoms with van der Waals surface area (Å²) in [5, 5.41) is 7.79. The molecular weight excluding hydrogens is 741 g/mol. The maximum absolute atomic E-state index is 5.48. The summed E-state index contributed by atoms with van der Waals surface area (Å²) in [6.45, 7) is 0. The molecule has 0 fully saturated rings. The van der Waals surface area contributed by atoms with Crippen molar-refractivity contribution in [2.75, 3.05) is 0 Å². The summed E-state index contributed by atoms with van der Waals surface area (Å²) in [4.78, 5) is 10.2. The molecule has 0 N–H and O–H groups in total. The number of benzene rings is 8. The molecule has 3 heterocycles. The Morgan fingerprint density at radius 2 is 0.803 bits per heavy atom. The number of aromatic nitrogens is 4. The molecule has 0 atom stereocenters. The molecule has 11 rings (SSSR count). The molecule has 0 aliphatic heterocycles. The zero-order chi connectivity index (χ0) is 40.5. The maximum Gasteiger partial charge on any atom is 0.160 e. The van der Waals surface area contributed by atoms with Gasteiger partial charge in [-0.15, -0.1) is 0 Å². The van der Waals surface area contributed by atoms with Crippen molar-refractivity contribution in [1.29, 1.82) is 0 Å². The van der Waals surface area contributed by atoms with Crippen LogP contribution in [0.4, 0.5) is 0 Å². The molecule has 3 aromatic heterocycles. The van der Waals surface area contributed by atoms with Crippen LogP contribution in [0.5, 0.6) is 0 Å². The predicted octanol–water partition coefficient (Wildman–Crippen LogP) is 14.6. The Labute approximate surface area is 354 Å². The summed E-state index contributed by atoms with van der Waals surface area (Å²) in [6.07, 6.45) is 0. The standard InChI is InChI=1S/C57H38N4/c1-6-19-39(20-7-1)50-38-51(59-57(58-50)43-27-14-5-15-28-43)47-32-17-30-45(36-47)44-29-16-31-46(35-44)49-34-18-33-48-37-52(40-21-8-2-9-22-40)61-56(53(48)49)54(41-23-10-3-11-24-41)55(60-61)42-25-12-4-13-26-42/h1-38H. The lowest BCUT2D eigenvalue weighted by molar-refractivity contribution is 0.980. The Kier molecular flexibility index (Phi) is 9.14. The largest absolute Gasteiger partial charge is 0.231 e. The molecule has 4 nitrogen and oxygen atoms in total. The van der Waals surface area contributed by atoms with Crippen LogP contribution in [-0.2, 0) is 0 Å². The van der Waals surface area contributed by atoms with Gasteiger partial charge < -0.3 is 0 Å². The minimum absolute atomic E-state index is 0.701. The Morgan fingerprint density at radius 1 is 0.328 bits per heavy atom. The third-order valence-corrected chi connectivity index (χ3v) is 11.4. The van der Waals surface area contributed by atoms with E-state index in [0.717, 1.165) is 100 Å². The van der Waals surface area contributed by atoms with Crippen LogP contribution in [0.15, 0.2) is 231 Å². The van der Waals surface area contributed by atoms with Gasteiger partial charge in [0.15, 0.2) is 5.82 Å². The van der Waals surface area contributed by atoms with Crippen molar-refractivity contribution in [3.05, 3.63) is 231 Å². The quantitative estimate of drug-likeness (QED) is 0.154. The first-order chi connectivity index (χ1) is 30.2. The van der Waals surface area contributed by atoms with E-state index in [1.54, 1.807) is 0 Å². The van der Waals surface area contributed by atoms with Crippen molar-refractivity contribution >= 4 is 16.3 Å². The number of hydrogen-bond acceptors (Lipinski definition) is 3. The Morgan fingerprint density at radius 3 is 1.44 bits per heavy atom. The molecular formula is C57H38N4. The highest BCUT2D eigenvalue weighted by molar-refractivity contribution is 6.14. The predicted molar refractivity (Wildman–Crippen MR) is 252 cm³/mol. The molecule has 0 saturated carbocycles. The van der Waals surface area contributed by atoms with E-state index < -0.39 is 0 Å². The molecule has 8 aromatic carbocycles. The molecule has 286 valence electrons. The van der Waals surface area contributed by atoms with Gasteiger partial charge in [0, 0.05) is 38.8 Å². The normalized spacial score (nSPS) is 11.3. The van der Waals surface area contributed by atoms with Crippen molar-refractivity contribution in [2.24, 2.45) is 0 Å². The highest BCUT2D eigenvalue weighted by atomic mass is 15.2. The fourth-order valence-electron chi connectivity index (χ4n) is 8.51. The molecule has 0 aliphatic carbocycles. The third-order valence-electron chi connectivity index (χ3n) is 11.4. The van der Waals surface area contributed by atoms with E-state index in [-0.39, 0.29) is 0 Å². The molecule has 11 aromatic rings. The molecule has 0 radical (unpaired) electrons. The summed E-state index contributed by atoms with van der Waals surface area (Å²) in [6, 6.07) is 81.0. The van der Waals surface area contributed by atoms with Gasteiger partial charge in [0.1, 0.15) is 5.69 Å². The molecule has 0 bridgehead atoms. The lowest BCUT2D eigenvalue weighted by Gasteiger charge is -2.15. The molecule has 0 amide bonds. The summed E-state index contributed by atoms with van der Waals surface area (Å²) in [5.41, 5.74) is 16.8. The third kappa shape index (κ3) is 6.76. The van der Waals surface area contributed by atoms with Crippen LogP contribution < -0.4 is 0 Å². The monoisotopic (exact) mass is 778 g/mol. The van der Waals surface area contributed by atoms with E-state index in [4.69, 9.17) is 15.1 Å². The van der Waals surface area contributed by atoms with Crippen LogP contribution in [0.1, 0.15) is 0 Å². The van der Waals surface area contributed by atoms with E-state index in [1.165, 1.54) is 0 Å². The number of fused-ring (bicyclic) bond motifs is 3. The zero-order valence-electron chi connectivity index (χ0n) is 33.2. The van der Waals surface area contributed by atoms with E-state index in [1.807, 2.05) is 36.4 Å². The zero-order valence-corrected chi connectivity index (χ0v) is 33.2. The van der Waals surface area contributed by atoms with Gasteiger partial charge in [0.2, 0.25) is 0 Å². The number of hydrogen-bond donors (Lipinski definition) is 0. The van der Waals surface area contributed by atoms with Crippen molar-refractivity contribution in [3.8, 4) is 89.8 Å². The van der Waals surface area contributed by atoms with E-state index in [9.17, 15) is 0 Å². The average molecular weight is 779 g/mol. The maximum atomic E-state index is 5.48. The molecule has 4 heteroatoms. The Balaban J connectivity index is 1.10. The fraction of sp³-hybridized carbons (Fsp3) is 0. The second-order valence-corrected chi connectivity index (χ2v) is 15.2. The lowest BCUT2D eigenvalue weighted by Crippen LogP contribution is -1.97. The van der Waals surface area contributed by atoms with Gasteiger partial charge >= 0.3 is 0 Å². The minimum Gasteiger partial charge on any atom is -0.231 e. The molecule has 0 spiro atoms. The van der Waals surface area contributed by atoms with Gasteiger partial charge in [-0.05, 0) is 57.5 Å². The average Bonchev–Trinajstić information content (AvgIpc) is 3.76. The van der Waals surface area contributed by atoms with Gasteiger partial charge in [0.05, 0.1) is 22.6 Å². The first-order valence-corrected chi connectivity index (χ1v) is 20.6. The van der Waals surface area contributed by atoms with Gasteiger partial charge in [-0.1, -0.05) is 206 Å². The second-order valence-electron chi connectivity index (χ2n) is 15.2. The van der Waals surface area contributed by atoms with Crippen LogP contribution in [0.3, 0.4) is 0 Å². The van der Waals surface area contributed by atoms with Crippen LogP contribution in [0.2, 0.25) is 0 Å². The topological polar surface area (TPSA) is 43.1 Å². The lowest BCUT2D eigenvalue weighted by atomic mass is 9.91. The number of rotatable bonds is 8. The summed E-state index contributed by atoms with van der Waals surface area (Å²) in [5.74, 6) is 0.701. The second kappa shape index (κ2) is 15.5. The van der Waals surface area contributed by atoms with E-state index in [0.29, 0.717) is 5.82 Å². The van der Waals surface area contributed by atoms with E-state index in [2.05, 4.69) is 199 Å². The van der Waals surface area contributed by atoms with Crippen molar-refractivity contribution in [1.82, 2.24) is 19.6 Å². The number of pyridine rings is 1. The molecule has 0 aliphatic rings. The minimum atomic E-state index is 0.701. The van der Waals surface area contributed by atoms with Crippen LogP contribution >= 0.6 is 0 Å². The highest BCUT2D eigenvalue weighted by Gasteiger charge is 2.23. The summed E-state index contributed by atoms with van der Waals surface area (Å²) < 4.78 is 2.17. The smallest absolute Gasteiger partial charge is 0.160 e. The Hall–Kier alpha value is -8.21. The van der Waals surface area contributed by atoms with Crippen LogP contribution in [0.25, 0.3) is 106 Å². The summed E-state index contributed by atoms with van der Waals surface area (Å²) in [7, 11) is 0. The SMILES string of the molecule is c1ccc(-c2cc(-c3cccc(-c4cccc(-c5cccc6cc(-c7ccccc7)n7nc(-c8ccccc8)c(-c8ccccc8)c7c56)c4)c3)nc(-c3ccccc3)n2)cc1. The highest BCUT2D eigenvalue weighted by Crippen LogP contribution is 2.44. The number of nitrogens with zero attached hydrogens (tertiary/aromatic N) is 4. The molecule has 61 heavy (non-hydrogen) atoms. The first kappa shape index (κ1) is 35.9. The Bertz CT molecular complexity index is 3270. The summed E-state index contributed by atoms with van der Waals surface area (Å²) >= 11 is 0. The van der Waals surface area contributed by atoms with Gasteiger partial charge in [-0.2, -0.15) is 5.10 Å². The van der Waals surface area contributed by atoms with Crippen LogP contribution in [0, 0.1) is 0 Å². The molecule has 0 unspecified atom stereocenters. The van der Waals surface area contributed by atoms with Crippen molar-refractivity contribution < 1.29 is 0 Å². The first-order valence-electron chi connectivity index (χ1n) is 20.6. The van der Waals surface area contributed by atoms with Crippen molar-refractivity contribution in [2.45, 2.75) is 0 Å². The van der Waals surface area contributed by atoms with Gasteiger partial charge in [-0.25, -0.2) is 14.5 Å². The van der Waals surface area contributed by atoms with E-state index >= 15 is 0 Å². The van der Waals surface area contributed by atoms with Gasteiger partial charge in [-0.3, -0.25) is 0 Å². The fourth-order valence-corrected chi connectivity index (χ4v) is 8.51.